The van der Waals surface area contributed by atoms with E-state index in [-0.39, 0.29) is 92.4 Å². The molecule has 6 aromatic carbocycles. The second-order valence-electron chi connectivity index (χ2n) is 33.3. The summed E-state index contributed by atoms with van der Waals surface area (Å²) in [4.78, 5) is 102. The smallest absolute Gasteiger partial charge is 0.416 e. The van der Waals surface area contributed by atoms with E-state index in [0.29, 0.717) is 139 Å². The molecular formula is C101H125F9I4N6O18V2-2. The van der Waals surface area contributed by atoms with Crippen LogP contribution in [0.15, 0.2) is 149 Å². The van der Waals surface area contributed by atoms with Gasteiger partial charge in [-0.1, -0.05) is 235 Å². The first-order chi connectivity index (χ1) is 65.1. The van der Waals surface area contributed by atoms with Crippen molar-refractivity contribution in [2.75, 3.05) is 39.3 Å². The van der Waals surface area contributed by atoms with Gasteiger partial charge in [0, 0.05) is 119 Å². The van der Waals surface area contributed by atoms with Crippen LogP contribution in [0.25, 0.3) is 0 Å². The van der Waals surface area contributed by atoms with Gasteiger partial charge in [0.1, 0.15) is 25.5 Å². The third-order valence-electron chi connectivity index (χ3n) is 23.0. The van der Waals surface area contributed by atoms with E-state index in [1.165, 1.54) is 18.2 Å². The molecule has 3 aliphatic carbocycles. The molecule has 6 fully saturated rings. The first-order valence-electron chi connectivity index (χ1n) is 45.3. The molecule has 3 heterocycles. The third kappa shape index (κ3) is 47.6. The number of aldehydes is 1. The van der Waals surface area contributed by atoms with Crippen LogP contribution in [0, 0.1) is 29.1 Å². The van der Waals surface area contributed by atoms with E-state index in [0.717, 1.165) is 160 Å². The predicted octanol–water partition coefficient (Wildman–Crippen LogP) is 24.7. The van der Waals surface area contributed by atoms with E-state index in [1.54, 1.807) is 62.4 Å². The van der Waals surface area contributed by atoms with Gasteiger partial charge in [-0.05, 0) is 218 Å². The number of carboxylic acids is 7. The van der Waals surface area contributed by atoms with Crippen molar-refractivity contribution in [1.29, 1.82) is 0 Å². The maximum Gasteiger partial charge on any atom is 0.416 e. The number of rotatable bonds is 30. The number of benzene rings is 6. The van der Waals surface area contributed by atoms with Crippen LogP contribution in [-0.4, -0.2) is 149 Å². The van der Waals surface area contributed by atoms with Crippen LogP contribution in [0.1, 0.15) is 281 Å². The van der Waals surface area contributed by atoms with Crippen LogP contribution in [-0.2, 0) is 156 Å². The minimum absolute atomic E-state index is 0. The number of hydrogen-bond donors (Lipinski definition) is 8. The van der Waals surface area contributed by atoms with E-state index >= 15 is 0 Å². The molecule has 8 N–H and O–H groups in total. The zero-order chi connectivity index (χ0) is 103. The molecule has 6 aliphatic rings. The Labute approximate surface area is 891 Å². The number of nitrogens with zero attached hydrogens (tertiary/aromatic N) is 5. The van der Waals surface area contributed by atoms with Gasteiger partial charge in [-0.3, -0.25) is 33.4 Å². The summed E-state index contributed by atoms with van der Waals surface area (Å²) in [7, 11) is 0. The van der Waals surface area contributed by atoms with Crippen molar-refractivity contribution in [3.05, 3.63) is 245 Å². The van der Waals surface area contributed by atoms with E-state index in [9.17, 15) is 77.9 Å². The van der Waals surface area contributed by atoms with Gasteiger partial charge >= 0.3 is 60.3 Å². The van der Waals surface area contributed by atoms with Crippen LogP contribution in [0.4, 0.5) is 39.5 Å². The number of carbonyl (C=O) groups excluding carboxylic acids is 1. The maximum absolute atomic E-state index is 13.8. The Bertz CT molecular complexity index is 4830. The first kappa shape index (κ1) is 129. The number of hydrogen-bond acceptors (Lipinski definition) is 17. The van der Waals surface area contributed by atoms with E-state index in [2.05, 4.69) is 149 Å². The van der Waals surface area contributed by atoms with Gasteiger partial charge in [-0.25, -0.2) is 19.2 Å². The Balaban J connectivity index is 0.000000606. The molecule has 39 heteroatoms. The molecule has 0 spiro atoms. The Morgan fingerprint density at radius 1 is 0.429 bits per heavy atom. The number of alkyl halides is 12. The van der Waals surface area contributed by atoms with Gasteiger partial charge in [-0.15, -0.1) is 0 Å². The van der Waals surface area contributed by atoms with Crippen molar-refractivity contribution >= 4 is 156 Å². The Hall–Kier alpha value is -7.49. The number of aryl methyl sites for hydroxylation is 3. The number of carbonyl (C=O) groups is 8. The van der Waals surface area contributed by atoms with Crippen molar-refractivity contribution in [3.63, 3.8) is 0 Å². The van der Waals surface area contributed by atoms with Gasteiger partial charge in [0.2, 0.25) is 0 Å². The molecule has 770 valence electrons. The topological polar surface area (TPSA) is 361 Å². The number of aliphatic carboxylic acids is 7. The average Bonchev–Trinajstić information content (AvgIpc) is 0.813. The summed E-state index contributed by atoms with van der Waals surface area (Å²) in [6, 6.07) is 31.1. The van der Waals surface area contributed by atoms with E-state index in [1.807, 2.05) is 74.6 Å². The van der Waals surface area contributed by atoms with Crippen molar-refractivity contribution in [2.45, 2.75) is 247 Å². The fraction of sp³-hybridized carbons (Fsp3) is 0.475. The maximum atomic E-state index is 13.8. The third-order valence-corrected chi connectivity index (χ3v) is 23.0. The minimum Gasteiger partial charge on any atom is -0.481 e. The van der Waals surface area contributed by atoms with Gasteiger partial charge in [0.25, 0.3) is 0 Å². The number of carboxylic acid groups (broad SMARTS) is 7. The summed E-state index contributed by atoms with van der Waals surface area (Å²) in [5.41, 5.74) is 11.5. The van der Waals surface area contributed by atoms with E-state index < -0.39 is 77.0 Å². The molecule has 3 aliphatic heterocycles. The largest absolute Gasteiger partial charge is 0.481 e. The monoisotopic (exact) mass is 2490 g/mol. The number of oxime groups is 3. The standard InChI is InChI=1S/2C29H35F3N2O3.C25H28F3NO2.C4H7NO2.2C4H4O4.C2H3I3.C2H4I.C2H5.2V/c2*1-3-21-14-23(10-11-24(21)15-34-16-25(17-34)28(35)36)19(2)33-37-18-20-9-12-26(22-7-5-4-6-8-22)27(13-20)29(30,31)32;1-3-19-14-21(10-11-22(19)15-30)17(2)29-31-16-18-9-12-23(20-7-5-4-6-8-20)24(13-18)25(26,27)28;6-4(7)3-1-5-2-3;2*5-3(6)1-2-4(7)8;1-2(3,4)5;1-2-3;1-2;;/h2*9-14,22,25H,3-8,15-18H2,1-2H3,(H,35,36);9-15,20H,3-8,16H2,1-2H3;3,5H,1-2H2,(H,6,7);2*1-2H,(H,5,6)(H,7,8);1H3;2H,1H3;1H2,2H3;;/q;;;;;;;2*-1;;/b2*33-19+;29-17+;;2*2-1+;;;;;. The zero-order valence-electron chi connectivity index (χ0n) is 79.7. The molecule has 0 unspecified atom stereocenters. The van der Waals surface area contributed by atoms with Crippen molar-refractivity contribution in [2.24, 2.45) is 33.2 Å². The Morgan fingerprint density at radius 2 is 0.686 bits per heavy atom. The quantitative estimate of drug-likeness (QED) is 0.00303. The fourth-order valence-corrected chi connectivity index (χ4v) is 15.8. The molecule has 24 nitrogen and oxygen atoms in total. The Kier molecular flexibility index (Phi) is 60.4. The zero-order valence-corrected chi connectivity index (χ0v) is 91.1. The van der Waals surface area contributed by atoms with Crippen molar-refractivity contribution < 1.29 is 165 Å². The van der Waals surface area contributed by atoms with Gasteiger partial charge < -0.3 is 85.1 Å². The molecule has 2 radical (unpaired) electrons. The van der Waals surface area contributed by atoms with Gasteiger partial charge in [0.15, 0.2) is 0 Å². The second-order valence-corrected chi connectivity index (χ2v) is 47.3. The Morgan fingerprint density at radius 3 is 0.900 bits per heavy atom. The van der Waals surface area contributed by atoms with Crippen LogP contribution in [0.5, 0.6) is 0 Å². The van der Waals surface area contributed by atoms with Gasteiger partial charge in [0.05, 0.1) is 51.6 Å². The molecule has 12 rings (SSSR count). The molecule has 140 heavy (non-hydrogen) atoms. The average molecular weight is 2490 g/mol. The van der Waals surface area contributed by atoms with Crippen LogP contribution in [0.2, 0.25) is 0 Å². The van der Waals surface area contributed by atoms with Crippen molar-refractivity contribution in [1.82, 2.24) is 15.1 Å². The van der Waals surface area contributed by atoms with E-state index in [4.69, 9.17) is 50.3 Å². The molecule has 3 saturated carbocycles. The SMILES string of the molecule is CC(I)(I)I.CCc1cc(/C(C)=N/OCc2ccc(C3CCCCC3)c(C(F)(F)F)c2)ccc1C=O.CCc1cc(/C(C)=N/OCc2ccc(C3CCCCC3)c(C(F)(F)F)c2)ccc1CN1CC(C(=O)O)C1.CCc1cc(/C(C)=N/OCc2ccc(C3CCCCC3)c(C(F)(F)F)c2)ccc1CN1CC(C(=O)O)C1.C[CH-]I.O=C(O)/C=C/C(=O)O.O=C(O)/C=C/C(=O)O.O=C(O)C1CNC1.[CH2-]C.[V].[V]. The van der Waals surface area contributed by atoms with Crippen LogP contribution >= 0.6 is 90.4 Å². The summed E-state index contributed by atoms with van der Waals surface area (Å²) in [5.74, 6) is -7.97. The fourth-order valence-electron chi connectivity index (χ4n) is 15.8. The van der Waals surface area contributed by atoms with Gasteiger partial charge in [-0.2, -0.15) is 53.4 Å². The van der Waals surface area contributed by atoms with Crippen LogP contribution < -0.4 is 5.32 Å². The molecule has 0 aromatic heterocycles. The molecule has 6 aromatic rings. The molecular weight excluding hydrogens is 2370 g/mol. The van der Waals surface area contributed by atoms with Crippen LogP contribution in [0.3, 0.4) is 0 Å². The summed E-state index contributed by atoms with van der Waals surface area (Å²) in [5, 5.41) is 72.9. The first-order valence-corrected chi connectivity index (χ1v) is 49.8. The molecule has 0 atom stereocenters. The minimum atomic E-state index is -4.40. The second kappa shape index (κ2) is 65.8. The summed E-state index contributed by atoms with van der Waals surface area (Å²) in [6.45, 7) is 25.5. The number of nitrogens with one attached hydrogen (secondary N) is 1. The molecule has 0 amide bonds. The number of halogens is 13. The molecule has 0 bridgehead atoms. The number of likely N-dealkylation sites (tertiary alicyclic amines) is 2. The summed E-state index contributed by atoms with van der Waals surface area (Å²) < 4.78 is 126. The van der Waals surface area contributed by atoms with Crippen molar-refractivity contribution in [3.8, 4) is 0 Å². The molecule has 3 saturated heterocycles. The summed E-state index contributed by atoms with van der Waals surface area (Å²) in [6.07, 6.45) is 6.22. The normalized spacial score (nSPS) is 15.8. The summed E-state index contributed by atoms with van der Waals surface area (Å²) >= 11 is 9.22. The predicted molar refractivity (Wildman–Crippen MR) is 547 cm³/mol.